The molecule has 2 rings (SSSR count). The van der Waals surface area contributed by atoms with Crippen molar-refractivity contribution in [2.24, 2.45) is 5.18 Å². The molecule has 0 aromatic carbocycles. The lowest BCUT2D eigenvalue weighted by Crippen LogP contribution is -1.87. The van der Waals surface area contributed by atoms with E-state index in [0.29, 0.717) is 5.82 Å². The fraction of sp³-hybridized carbons (Fsp3) is 0.364. The number of hydrogen-bond acceptors (Lipinski definition) is 3. The third kappa shape index (κ3) is 1.52. The number of aryl methyl sites for hydroxylation is 1. The number of nitrogens with zero attached hydrogens (tertiary/aromatic N) is 3. The normalized spacial score (nSPS) is 11.2. The van der Waals surface area contributed by atoms with Gasteiger partial charge in [-0.3, -0.25) is 4.40 Å². The standard InChI is InChI=1S/C11H13N3O/c1-7(2)10-11(13-15)14-6-8(3)4-5-9(14)12-10/h4-7H,1-3H3. The second kappa shape index (κ2) is 3.46. The summed E-state index contributed by atoms with van der Waals surface area (Å²) in [5, 5.41) is 3.07. The largest absolute Gasteiger partial charge is 0.281 e. The van der Waals surface area contributed by atoms with E-state index in [2.05, 4.69) is 10.2 Å². The van der Waals surface area contributed by atoms with Crippen LogP contribution < -0.4 is 0 Å². The highest BCUT2D eigenvalue weighted by atomic mass is 16.3. The third-order valence-corrected chi connectivity index (χ3v) is 2.40. The minimum atomic E-state index is 0.206. The van der Waals surface area contributed by atoms with Gasteiger partial charge in [-0.1, -0.05) is 19.9 Å². The van der Waals surface area contributed by atoms with Crippen LogP contribution >= 0.6 is 0 Å². The molecule has 0 aliphatic carbocycles. The van der Waals surface area contributed by atoms with Crippen molar-refractivity contribution in [3.8, 4) is 0 Å². The summed E-state index contributed by atoms with van der Waals surface area (Å²) in [5.41, 5.74) is 2.62. The maximum Gasteiger partial charge on any atom is 0.205 e. The molecule has 0 saturated carbocycles. The third-order valence-electron chi connectivity index (χ3n) is 2.40. The molecule has 0 fully saturated rings. The van der Waals surface area contributed by atoms with Crippen LogP contribution in [0.1, 0.15) is 31.0 Å². The summed E-state index contributed by atoms with van der Waals surface area (Å²) in [4.78, 5) is 15.2. The Labute approximate surface area is 87.9 Å². The fourth-order valence-electron chi connectivity index (χ4n) is 1.63. The average molecular weight is 203 g/mol. The molecule has 0 aliphatic heterocycles. The summed E-state index contributed by atoms with van der Waals surface area (Å²) in [6.07, 6.45) is 1.88. The summed E-state index contributed by atoms with van der Waals surface area (Å²) < 4.78 is 1.75. The van der Waals surface area contributed by atoms with Gasteiger partial charge in [-0.05, 0) is 29.6 Å². The van der Waals surface area contributed by atoms with Crippen molar-refractivity contribution in [3.05, 3.63) is 34.5 Å². The first-order valence-corrected chi connectivity index (χ1v) is 4.95. The molecule has 15 heavy (non-hydrogen) atoms. The molecule has 4 nitrogen and oxygen atoms in total. The predicted octanol–water partition coefficient (Wildman–Crippen LogP) is 3.16. The highest BCUT2D eigenvalue weighted by molar-refractivity contribution is 5.53. The van der Waals surface area contributed by atoms with Gasteiger partial charge in [-0.25, -0.2) is 4.98 Å². The molecular formula is C11H13N3O. The Morgan fingerprint density at radius 2 is 2.13 bits per heavy atom. The highest BCUT2D eigenvalue weighted by Crippen LogP contribution is 2.27. The van der Waals surface area contributed by atoms with Crippen molar-refractivity contribution >= 4 is 11.5 Å². The van der Waals surface area contributed by atoms with Crippen molar-refractivity contribution in [1.82, 2.24) is 9.38 Å². The molecule has 0 aliphatic rings. The molecule has 2 aromatic rings. The molecule has 0 N–H and O–H groups in total. The van der Waals surface area contributed by atoms with Crippen LogP contribution in [0.25, 0.3) is 5.65 Å². The van der Waals surface area contributed by atoms with Crippen molar-refractivity contribution in [2.75, 3.05) is 0 Å². The SMILES string of the molecule is Cc1ccc2nc(C(C)C)c(N=O)n2c1. The van der Waals surface area contributed by atoms with Gasteiger partial charge in [0.25, 0.3) is 0 Å². The van der Waals surface area contributed by atoms with Gasteiger partial charge >= 0.3 is 0 Å². The first-order valence-electron chi connectivity index (χ1n) is 4.95. The van der Waals surface area contributed by atoms with Gasteiger partial charge in [-0.15, -0.1) is 4.91 Å². The van der Waals surface area contributed by atoms with Crippen LogP contribution in [-0.4, -0.2) is 9.38 Å². The first kappa shape index (κ1) is 9.83. The van der Waals surface area contributed by atoms with Crippen LogP contribution in [0.3, 0.4) is 0 Å². The molecule has 0 bridgehead atoms. The van der Waals surface area contributed by atoms with E-state index in [1.807, 2.05) is 39.1 Å². The maximum atomic E-state index is 10.8. The summed E-state index contributed by atoms with van der Waals surface area (Å²) in [5.74, 6) is 0.626. The molecule has 0 atom stereocenters. The number of nitroso groups, excluding NO2 is 1. The van der Waals surface area contributed by atoms with E-state index in [1.54, 1.807) is 4.40 Å². The molecule has 0 saturated heterocycles. The summed E-state index contributed by atoms with van der Waals surface area (Å²) >= 11 is 0. The van der Waals surface area contributed by atoms with E-state index in [4.69, 9.17) is 0 Å². The molecule has 2 aromatic heterocycles. The molecule has 2 heterocycles. The average Bonchev–Trinajstić information content (AvgIpc) is 2.55. The second-order valence-corrected chi connectivity index (χ2v) is 4.00. The number of fused-ring (bicyclic) bond motifs is 1. The minimum Gasteiger partial charge on any atom is -0.281 e. The van der Waals surface area contributed by atoms with E-state index in [9.17, 15) is 4.91 Å². The lowest BCUT2D eigenvalue weighted by atomic mass is 10.1. The van der Waals surface area contributed by atoms with Gasteiger partial charge in [0.1, 0.15) is 5.65 Å². The topological polar surface area (TPSA) is 46.7 Å². The fourth-order valence-corrected chi connectivity index (χ4v) is 1.63. The zero-order chi connectivity index (χ0) is 11.0. The highest BCUT2D eigenvalue weighted by Gasteiger charge is 2.15. The summed E-state index contributed by atoms with van der Waals surface area (Å²) in [6.45, 7) is 5.98. The smallest absolute Gasteiger partial charge is 0.205 e. The number of rotatable bonds is 2. The zero-order valence-electron chi connectivity index (χ0n) is 9.06. The second-order valence-electron chi connectivity index (χ2n) is 4.00. The Kier molecular flexibility index (Phi) is 2.26. The lowest BCUT2D eigenvalue weighted by Gasteiger charge is -1.99. The van der Waals surface area contributed by atoms with Crippen molar-refractivity contribution in [1.29, 1.82) is 0 Å². The van der Waals surface area contributed by atoms with Crippen molar-refractivity contribution in [3.63, 3.8) is 0 Å². The maximum absolute atomic E-state index is 10.8. The molecule has 78 valence electrons. The van der Waals surface area contributed by atoms with Gasteiger partial charge in [-0.2, -0.15) is 0 Å². The lowest BCUT2D eigenvalue weighted by molar-refractivity contribution is 0.834. The Morgan fingerprint density at radius 3 is 2.73 bits per heavy atom. The van der Waals surface area contributed by atoms with Gasteiger partial charge in [0, 0.05) is 6.20 Å². The zero-order valence-corrected chi connectivity index (χ0v) is 9.06. The van der Waals surface area contributed by atoms with Crippen LogP contribution in [0.4, 0.5) is 5.82 Å². The van der Waals surface area contributed by atoms with Crippen LogP contribution in [0.5, 0.6) is 0 Å². The Bertz CT molecular complexity index is 514. The molecule has 0 spiro atoms. The van der Waals surface area contributed by atoms with E-state index >= 15 is 0 Å². The minimum absolute atomic E-state index is 0.206. The Balaban J connectivity index is 2.79. The summed E-state index contributed by atoms with van der Waals surface area (Å²) in [7, 11) is 0. The molecular weight excluding hydrogens is 190 g/mol. The van der Waals surface area contributed by atoms with E-state index in [-0.39, 0.29) is 5.92 Å². The van der Waals surface area contributed by atoms with Gasteiger partial charge in [0.15, 0.2) is 0 Å². The predicted molar refractivity (Wildman–Crippen MR) is 59.5 cm³/mol. The van der Waals surface area contributed by atoms with Crippen LogP contribution in [0.2, 0.25) is 0 Å². The number of pyridine rings is 1. The quantitative estimate of drug-likeness (QED) is 0.704. The van der Waals surface area contributed by atoms with Crippen LogP contribution in [0, 0.1) is 11.8 Å². The van der Waals surface area contributed by atoms with E-state index in [1.165, 1.54) is 0 Å². The van der Waals surface area contributed by atoms with Crippen molar-refractivity contribution in [2.45, 2.75) is 26.7 Å². The van der Waals surface area contributed by atoms with Crippen LogP contribution in [-0.2, 0) is 0 Å². The molecule has 0 radical (unpaired) electrons. The number of hydrogen-bond donors (Lipinski definition) is 0. The Morgan fingerprint density at radius 1 is 1.40 bits per heavy atom. The molecule has 4 heteroatoms. The van der Waals surface area contributed by atoms with E-state index < -0.39 is 0 Å². The van der Waals surface area contributed by atoms with Crippen molar-refractivity contribution < 1.29 is 0 Å². The van der Waals surface area contributed by atoms with Gasteiger partial charge < -0.3 is 0 Å². The Hall–Kier alpha value is -1.71. The number of imidazole rings is 1. The van der Waals surface area contributed by atoms with E-state index in [0.717, 1.165) is 16.9 Å². The van der Waals surface area contributed by atoms with Crippen LogP contribution in [0.15, 0.2) is 23.5 Å². The monoisotopic (exact) mass is 203 g/mol. The number of aromatic nitrogens is 2. The first-order chi connectivity index (χ1) is 7.13. The van der Waals surface area contributed by atoms with Gasteiger partial charge in [0.2, 0.25) is 5.82 Å². The molecule has 0 unspecified atom stereocenters. The molecule has 0 amide bonds. The van der Waals surface area contributed by atoms with Gasteiger partial charge in [0.05, 0.1) is 5.69 Å². The summed E-state index contributed by atoms with van der Waals surface area (Å²) in [6, 6.07) is 3.87.